The minimum absolute atomic E-state index is 0.0199. The minimum atomic E-state index is -0.182. The molecule has 4 rings (SSSR count). The van der Waals surface area contributed by atoms with Crippen LogP contribution in [-0.2, 0) is 6.54 Å². The van der Waals surface area contributed by atoms with Gasteiger partial charge in [-0.05, 0) is 37.6 Å². The third-order valence-corrected chi connectivity index (χ3v) is 5.76. The van der Waals surface area contributed by atoms with Crippen molar-refractivity contribution in [3.63, 3.8) is 0 Å². The van der Waals surface area contributed by atoms with Crippen molar-refractivity contribution >= 4 is 17.5 Å². The number of amides is 1. The van der Waals surface area contributed by atoms with E-state index in [1.54, 1.807) is 23.0 Å². The average Bonchev–Trinajstić information content (AvgIpc) is 2.96. The molecule has 7 heteroatoms. The van der Waals surface area contributed by atoms with Crippen molar-refractivity contribution in [3.05, 3.63) is 82.4 Å². The second-order valence-corrected chi connectivity index (χ2v) is 7.99. The van der Waals surface area contributed by atoms with Crippen LogP contribution in [0, 0.1) is 12.7 Å². The van der Waals surface area contributed by atoms with Gasteiger partial charge < -0.3 is 4.90 Å². The van der Waals surface area contributed by atoms with Crippen LogP contribution in [0.3, 0.4) is 0 Å². The molecule has 1 fully saturated rings. The summed E-state index contributed by atoms with van der Waals surface area (Å²) in [6, 6.07) is 14.3. The van der Waals surface area contributed by atoms with E-state index >= 15 is 0 Å². The first kappa shape index (κ1) is 20.6. The molecule has 1 amide bonds. The summed E-state index contributed by atoms with van der Waals surface area (Å²) in [7, 11) is 0. The van der Waals surface area contributed by atoms with Crippen molar-refractivity contribution in [2.75, 3.05) is 26.2 Å². The van der Waals surface area contributed by atoms with Gasteiger partial charge in [-0.25, -0.2) is 9.07 Å². The van der Waals surface area contributed by atoms with Crippen molar-refractivity contribution in [1.29, 1.82) is 0 Å². The monoisotopic (exact) mass is 426 g/mol. The predicted molar refractivity (Wildman–Crippen MR) is 116 cm³/mol. The van der Waals surface area contributed by atoms with Crippen molar-refractivity contribution in [2.24, 2.45) is 0 Å². The predicted octanol–water partition coefficient (Wildman–Crippen LogP) is 4.32. The number of halogens is 2. The maximum absolute atomic E-state index is 14.0. The molecule has 3 aromatic rings. The lowest BCUT2D eigenvalue weighted by Crippen LogP contribution is -2.35. The van der Waals surface area contributed by atoms with Crippen LogP contribution in [-0.4, -0.2) is 51.7 Å². The molecule has 2 heterocycles. The molecule has 5 nitrogen and oxygen atoms in total. The zero-order valence-corrected chi connectivity index (χ0v) is 17.6. The van der Waals surface area contributed by atoms with Crippen LogP contribution in [0.15, 0.2) is 54.7 Å². The van der Waals surface area contributed by atoms with Crippen LogP contribution < -0.4 is 0 Å². The third-order valence-electron chi connectivity index (χ3n) is 5.52. The molecule has 0 bridgehead atoms. The maximum Gasteiger partial charge on any atom is 0.257 e. The number of rotatable bonds is 4. The van der Waals surface area contributed by atoms with Gasteiger partial charge in [-0.3, -0.25) is 9.69 Å². The molecule has 1 aliphatic rings. The fourth-order valence-corrected chi connectivity index (χ4v) is 4.04. The van der Waals surface area contributed by atoms with Gasteiger partial charge in [-0.1, -0.05) is 35.9 Å². The van der Waals surface area contributed by atoms with E-state index < -0.39 is 0 Å². The van der Waals surface area contributed by atoms with Gasteiger partial charge in [0.25, 0.3) is 5.91 Å². The van der Waals surface area contributed by atoms with Crippen molar-refractivity contribution in [3.8, 4) is 5.69 Å². The molecular weight excluding hydrogens is 403 g/mol. The number of hydrogen-bond acceptors (Lipinski definition) is 3. The Labute approximate surface area is 180 Å². The van der Waals surface area contributed by atoms with Crippen LogP contribution >= 0.6 is 11.6 Å². The summed E-state index contributed by atoms with van der Waals surface area (Å²) in [6.07, 6.45) is 2.47. The highest BCUT2D eigenvalue weighted by atomic mass is 35.5. The van der Waals surface area contributed by atoms with E-state index in [9.17, 15) is 9.18 Å². The topological polar surface area (TPSA) is 41.4 Å². The molecule has 0 spiro atoms. The van der Waals surface area contributed by atoms with Gasteiger partial charge in [-0.2, -0.15) is 5.10 Å². The summed E-state index contributed by atoms with van der Waals surface area (Å²) >= 11 is 6.09. The lowest BCUT2D eigenvalue weighted by Gasteiger charge is -2.22. The number of aromatic nitrogens is 2. The number of nitrogens with zero attached hydrogens (tertiary/aromatic N) is 4. The van der Waals surface area contributed by atoms with Gasteiger partial charge in [0.2, 0.25) is 0 Å². The molecule has 0 aliphatic carbocycles. The number of carbonyl (C=O) groups is 1. The van der Waals surface area contributed by atoms with Gasteiger partial charge in [0.05, 0.1) is 23.1 Å². The molecule has 2 aromatic carbocycles. The van der Waals surface area contributed by atoms with E-state index in [4.69, 9.17) is 11.6 Å². The summed E-state index contributed by atoms with van der Waals surface area (Å²) in [6.45, 7) is 5.27. The fraction of sp³-hybridized carbons (Fsp3) is 0.304. The van der Waals surface area contributed by atoms with Crippen LogP contribution in [0.5, 0.6) is 0 Å². The zero-order valence-electron chi connectivity index (χ0n) is 16.9. The van der Waals surface area contributed by atoms with Crippen molar-refractivity contribution < 1.29 is 9.18 Å². The van der Waals surface area contributed by atoms with Crippen LogP contribution in [0.1, 0.15) is 28.0 Å². The lowest BCUT2D eigenvalue weighted by molar-refractivity contribution is 0.0760. The van der Waals surface area contributed by atoms with Crippen LogP contribution in [0.4, 0.5) is 4.39 Å². The highest BCUT2D eigenvalue weighted by molar-refractivity contribution is 6.30. The summed E-state index contributed by atoms with van der Waals surface area (Å²) in [5.74, 6) is -0.202. The van der Waals surface area contributed by atoms with E-state index in [-0.39, 0.29) is 11.7 Å². The molecule has 0 radical (unpaired) electrons. The molecule has 1 aromatic heterocycles. The van der Waals surface area contributed by atoms with E-state index in [0.29, 0.717) is 42.3 Å². The Kier molecular flexibility index (Phi) is 6.16. The normalized spacial score (nSPS) is 15.2. The Bertz CT molecular complexity index is 1050. The number of carbonyl (C=O) groups excluding carboxylic acids is 1. The first-order valence-corrected chi connectivity index (χ1v) is 10.5. The van der Waals surface area contributed by atoms with Crippen molar-refractivity contribution in [1.82, 2.24) is 19.6 Å². The summed E-state index contributed by atoms with van der Waals surface area (Å²) in [5, 5.41) is 5.03. The SMILES string of the molecule is Cc1c(C(=O)N2CCCN(Cc3ccccc3F)CC2)cnn1-c1cccc(Cl)c1. The second-order valence-electron chi connectivity index (χ2n) is 7.55. The van der Waals surface area contributed by atoms with Gasteiger partial charge in [-0.15, -0.1) is 0 Å². The molecule has 0 saturated carbocycles. The zero-order chi connectivity index (χ0) is 21.1. The Morgan fingerprint density at radius 3 is 2.73 bits per heavy atom. The average molecular weight is 427 g/mol. The second kappa shape index (κ2) is 8.98. The Hall–Kier alpha value is -2.70. The third kappa shape index (κ3) is 4.40. The van der Waals surface area contributed by atoms with E-state index in [2.05, 4.69) is 10.00 Å². The lowest BCUT2D eigenvalue weighted by atomic mass is 10.2. The molecule has 1 saturated heterocycles. The minimum Gasteiger partial charge on any atom is -0.337 e. The molecular formula is C23H24ClFN4O. The Balaban J connectivity index is 1.45. The molecule has 30 heavy (non-hydrogen) atoms. The quantitative estimate of drug-likeness (QED) is 0.623. The Morgan fingerprint density at radius 2 is 1.93 bits per heavy atom. The van der Waals surface area contributed by atoms with E-state index in [1.165, 1.54) is 6.07 Å². The largest absolute Gasteiger partial charge is 0.337 e. The van der Waals surface area contributed by atoms with Gasteiger partial charge in [0.1, 0.15) is 5.82 Å². The fourth-order valence-electron chi connectivity index (χ4n) is 3.86. The standard InChI is InChI=1S/C23H24ClFN4O/c1-17-21(15-26-29(17)20-8-4-7-19(24)14-20)23(30)28-11-5-10-27(12-13-28)16-18-6-2-3-9-22(18)25/h2-4,6-9,14-15H,5,10-13,16H2,1H3. The van der Waals surface area contributed by atoms with E-state index in [0.717, 1.165) is 24.3 Å². The van der Waals surface area contributed by atoms with Crippen molar-refractivity contribution in [2.45, 2.75) is 19.9 Å². The number of hydrogen-bond donors (Lipinski definition) is 0. The van der Waals surface area contributed by atoms with Gasteiger partial charge in [0.15, 0.2) is 0 Å². The van der Waals surface area contributed by atoms with Crippen LogP contribution in [0.2, 0.25) is 5.02 Å². The molecule has 1 aliphatic heterocycles. The highest BCUT2D eigenvalue weighted by Gasteiger charge is 2.24. The maximum atomic E-state index is 14.0. The van der Waals surface area contributed by atoms with E-state index in [1.807, 2.05) is 42.2 Å². The summed E-state index contributed by atoms with van der Waals surface area (Å²) in [5.41, 5.74) is 2.90. The smallest absolute Gasteiger partial charge is 0.257 e. The first-order valence-electron chi connectivity index (χ1n) is 10.1. The summed E-state index contributed by atoms with van der Waals surface area (Å²) < 4.78 is 15.7. The number of benzene rings is 2. The molecule has 0 atom stereocenters. The van der Waals surface area contributed by atoms with Gasteiger partial charge >= 0.3 is 0 Å². The Morgan fingerprint density at radius 1 is 1.10 bits per heavy atom. The first-order chi connectivity index (χ1) is 14.5. The summed E-state index contributed by atoms with van der Waals surface area (Å²) in [4.78, 5) is 17.2. The van der Waals surface area contributed by atoms with Crippen LogP contribution in [0.25, 0.3) is 5.69 Å². The highest BCUT2D eigenvalue weighted by Crippen LogP contribution is 2.20. The van der Waals surface area contributed by atoms with Gasteiger partial charge in [0, 0.05) is 43.3 Å². The molecule has 0 N–H and O–H groups in total. The molecule has 156 valence electrons. The molecule has 0 unspecified atom stereocenters.